The van der Waals surface area contributed by atoms with Crippen molar-refractivity contribution in [1.82, 2.24) is 0 Å². The quantitative estimate of drug-likeness (QED) is 0.853. The lowest BCUT2D eigenvalue weighted by Gasteiger charge is -2.33. The van der Waals surface area contributed by atoms with E-state index in [9.17, 15) is 4.79 Å². The number of hydrogen-bond acceptors (Lipinski definition) is 3. The Morgan fingerprint density at radius 2 is 1.90 bits per heavy atom. The van der Waals surface area contributed by atoms with Crippen molar-refractivity contribution in [2.45, 2.75) is 44.8 Å². The van der Waals surface area contributed by atoms with Gasteiger partial charge < -0.3 is 9.47 Å². The van der Waals surface area contributed by atoms with Gasteiger partial charge in [0.15, 0.2) is 12.1 Å². The number of benzene rings is 1. The van der Waals surface area contributed by atoms with Gasteiger partial charge in [0.2, 0.25) is 0 Å². The van der Waals surface area contributed by atoms with Crippen LogP contribution < -0.4 is 0 Å². The summed E-state index contributed by atoms with van der Waals surface area (Å²) in [6.07, 6.45) is 4.90. The van der Waals surface area contributed by atoms with Gasteiger partial charge in [-0.15, -0.1) is 0 Å². The number of allylic oxidation sites excluding steroid dienone is 1. The molecule has 21 heavy (non-hydrogen) atoms. The summed E-state index contributed by atoms with van der Waals surface area (Å²) in [6, 6.07) is 8.61. The first-order chi connectivity index (χ1) is 10.0. The molecule has 112 valence electrons. The number of rotatable bonds is 3. The van der Waals surface area contributed by atoms with E-state index in [4.69, 9.17) is 9.47 Å². The molecule has 0 aromatic heterocycles. The molecule has 0 radical (unpaired) electrons. The molecule has 0 unspecified atom stereocenters. The maximum Gasteiger partial charge on any atom is 0.184 e. The van der Waals surface area contributed by atoms with Gasteiger partial charge in [-0.25, -0.2) is 0 Å². The molecule has 1 aromatic rings. The first-order valence-corrected chi connectivity index (χ1v) is 7.58. The normalized spacial score (nSPS) is 21.8. The van der Waals surface area contributed by atoms with Gasteiger partial charge in [-0.2, -0.15) is 0 Å². The van der Waals surface area contributed by atoms with Gasteiger partial charge in [0.25, 0.3) is 0 Å². The number of carbonyl (C=O) groups is 1. The van der Waals surface area contributed by atoms with Crippen LogP contribution >= 0.6 is 0 Å². The predicted molar refractivity (Wildman–Crippen MR) is 82.0 cm³/mol. The van der Waals surface area contributed by atoms with E-state index in [-0.39, 0.29) is 30.7 Å². The zero-order valence-electron chi connectivity index (χ0n) is 12.7. The van der Waals surface area contributed by atoms with Crippen LogP contribution in [0.3, 0.4) is 0 Å². The molecule has 2 aliphatic rings. The zero-order valence-corrected chi connectivity index (χ0v) is 12.7. The second-order valence-corrected chi connectivity index (χ2v) is 6.58. The molecule has 0 atom stereocenters. The van der Waals surface area contributed by atoms with Gasteiger partial charge in [0.1, 0.15) is 13.2 Å². The first kappa shape index (κ1) is 14.5. The third kappa shape index (κ3) is 3.25. The van der Waals surface area contributed by atoms with E-state index in [1.54, 1.807) is 0 Å². The van der Waals surface area contributed by atoms with E-state index < -0.39 is 0 Å². The van der Waals surface area contributed by atoms with Gasteiger partial charge in [-0.3, -0.25) is 4.79 Å². The summed E-state index contributed by atoms with van der Waals surface area (Å²) in [5.74, 6) is 0.0261. The van der Waals surface area contributed by atoms with Gasteiger partial charge in [-0.05, 0) is 29.4 Å². The van der Waals surface area contributed by atoms with E-state index in [0.717, 1.165) is 19.3 Å². The van der Waals surface area contributed by atoms with Crippen LogP contribution in [-0.4, -0.2) is 25.3 Å². The summed E-state index contributed by atoms with van der Waals surface area (Å²) in [7, 11) is 0. The summed E-state index contributed by atoms with van der Waals surface area (Å²) in [5, 5.41) is 0. The average molecular weight is 286 g/mol. The highest BCUT2D eigenvalue weighted by Crippen LogP contribution is 2.39. The average Bonchev–Trinajstić information content (AvgIpc) is 2.46. The van der Waals surface area contributed by atoms with Crippen molar-refractivity contribution in [3.8, 4) is 0 Å². The first-order valence-electron chi connectivity index (χ1n) is 7.58. The molecular formula is C18H22O3. The number of ketones is 1. The van der Waals surface area contributed by atoms with E-state index in [1.807, 2.05) is 0 Å². The fourth-order valence-electron chi connectivity index (χ4n) is 3.27. The molecule has 1 aliphatic carbocycles. The van der Waals surface area contributed by atoms with Crippen LogP contribution in [0.5, 0.6) is 0 Å². The molecule has 3 nitrogen and oxygen atoms in total. The van der Waals surface area contributed by atoms with E-state index in [0.29, 0.717) is 0 Å². The highest BCUT2D eigenvalue weighted by atomic mass is 16.7. The van der Waals surface area contributed by atoms with Crippen LogP contribution in [0.25, 0.3) is 6.08 Å². The number of Topliss-reactive ketones (excluding diaryl/α,β-unsaturated/α-hetero) is 1. The summed E-state index contributed by atoms with van der Waals surface area (Å²) in [5.41, 5.74) is 4.35. The summed E-state index contributed by atoms with van der Waals surface area (Å²) >= 11 is 0. The summed E-state index contributed by atoms with van der Waals surface area (Å²) in [4.78, 5) is 11.1. The molecule has 1 aliphatic heterocycles. The van der Waals surface area contributed by atoms with E-state index in [2.05, 4.69) is 44.2 Å². The fraction of sp³-hybridized carbons (Fsp3) is 0.500. The lowest BCUT2D eigenvalue weighted by atomic mass is 9.72. The summed E-state index contributed by atoms with van der Waals surface area (Å²) < 4.78 is 10.8. The highest BCUT2D eigenvalue weighted by molar-refractivity contribution is 5.81. The molecule has 3 heteroatoms. The third-order valence-electron chi connectivity index (χ3n) is 4.28. The monoisotopic (exact) mass is 286 g/mol. The van der Waals surface area contributed by atoms with Crippen molar-refractivity contribution in [3.63, 3.8) is 0 Å². The standard InChI is InChI=1S/C18H22O3/c1-18(2)10-13(9-14-5-3-4-6-16(14)18)7-8-17-20-11-15(19)12-21-17/h3-6,9,17H,7-8,10-12H2,1-2H3. The summed E-state index contributed by atoms with van der Waals surface area (Å²) in [6.45, 7) is 4.98. The molecule has 0 saturated carbocycles. The Hall–Kier alpha value is -1.45. The van der Waals surface area contributed by atoms with Gasteiger partial charge in [-0.1, -0.05) is 49.8 Å². The number of carbonyl (C=O) groups excluding carboxylic acids is 1. The molecule has 0 N–H and O–H groups in total. The Morgan fingerprint density at radius 3 is 2.67 bits per heavy atom. The molecule has 3 rings (SSSR count). The fourth-order valence-corrected chi connectivity index (χ4v) is 3.27. The van der Waals surface area contributed by atoms with Crippen molar-refractivity contribution in [3.05, 3.63) is 41.0 Å². The molecular weight excluding hydrogens is 264 g/mol. The van der Waals surface area contributed by atoms with Crippen molar-refractivity contribution < 1.29 is 14.3 Å². The Morgan fingerprint density at radius 1 is 1.19 bits per heavy atom. The van der Waals surface area contributed by atoms with Crippen molar-refractivity contribution in [2.24, 2.45) is 0 Å². The van der Waals surface area contributed by atoms with Crippen molar-refractivity contribution in [2.75, 3.05) is 13.2 Å². The maximum atomic E-state index is 11.1. The SMILES string of the molecule is CC1(C)CC(CCC2OCC(=O)CO2)=Cc2ccccc21. The van der Waals surface area contributed by atoms with Crippen LogP contribution in [-0.2, 0) is 19.7 Å². The topological polar surface area (TPSA) is 35.5 Å². The molecule has 0 spiro atoms. The van der Waals surface area contributed by atoms with E-state index >= 15 is 0 Å². The minimum absolute atomic E-state index is 0.0261. The number of ether oxygens (including phenoxy) is 2. The van der Waals surface area contributed by atoms with Crippen LogP contribution in [0.4, 0.5) is 0 Å². The molecule has 1 saturated heterocycles. The molecule has 1 aromatic carbocycles. The second-order valence-electron chi connectivity index (χ2n) is 6.58. The molecule has 0 amide bonds. The van der Waals surface area contributed by atoms with Gasteiger partial charge >= 0.3 is 0 Å². The maximum absolute atomic E-state index is 11.1. The smallest absolute Gasteiger partial charge is 0.184 e. The number of fused-ring (bicyclic) bond motifs is 1. The van der Waals surface area contributed by atoms with Crippen LogP contribution in [0.1, 0.15) is 44.2 Å². The molecule has 0 bridgehead atoms. The largest absolute Gasteiger partial charge is 0.345 e. The number of hydrogen-bond donors (Lipinski definition) is 0. The van der Waals surface area contributed by atoms with Crippen LogP contribution in [0.15, 0.2) is 29.8 Å². The molecule has 1 fully saturated rings. The minimum Gasteiger partial charge on any atom is -0.345 e. The Labute approximate surface area is 125 Å². The Kier molecular flexibility index (Phi) is 3.96. The Bertz CT molecular complexity index is 562. The molecule has 1 heterocycles. The minimum atomic E-state index is -0.233. The van der Waals surface area contributed by atoms with Crippen molar-refractivity contribution in [1.29, 1.82) is 0 Å². The van der Waals surface area contributed by atoms with Crippen LogP contribution in [0.2, 0.25) is 0 Å². The van der Waals surface area contributed by atoms with Crippen molar-refractivity contribution >= 4 is 11.9 Å². The lowest BCUT2D eigenvalue weighted by molar-refractivity contribution is -0.187. The second kappa shape index (κ2) is 5.74. The van der Waals surface area contributed by atoms with Crippen LogP contribution in [0, 0.1) is 0 Å². The zero-order chi connectivity index (χ0) is 14.9. The third-order valence-corrected chi connectivity index (χ3v) is 4.28. The predicted octanol–water partition coefficient (Wildman–Crippen LogP) is 3.47. The Balaban J connectivity index is 1.67. The van der Waals surface area contributed by atoms with Gasteiger partial charge in [0, 0.05) is 6.42 Å². The highest BCUT2D eigenvalue weighted by Gasteiger charge is 2.28. The van der Waals surface area contributed by atoms with Gasteiger partial charge in [0.05, 0.1) is 0 Å². The van der Waals surface area contributed by atoms with E-state index in [1.165, 1.54) is 16.7 Å². The lowest BCUT2D eigenvalue weighted by Crippen LogP contribution is -2.32.